The number of halogens is 1. The van der Waals surface area contributed by atoms with E-state index < -0.39 is 16.0 Å². The number of carboxylic acids is 1. The quantitative estimate of drug-likeness (QED) is 0.719. The van der Waals surface area contributed by atoms with Gasteiger partial charge >= 0.3 is 5.97 Å². The number of carbonyl (C=O) groups is 1. The van der Waals surface area contributed by atoms with Crippen LogP contribution >= 0.6 is 15.9 Å². The fourth-order valence-electron chi connectivity index (χ4n) is 1.40. The van der Waals surface area contributed by atoms with Crippen LogP contribution < -0.4 is 4.72 Å². The molecule has 0 radical (unpaired) electrons. The van der Waals surface area contributed by atoms with E-state index in [1.54, 1.807) is 0 Å². The van der Waals surface area contributed by atoms with Gasteiger partial charge in [0.15, 0.2) is 0 Å². The predicted octanol–water partition coefficient (Wildman–Crippen LogP) is 1.85. The van der Waals surface area contributed by atoms with E-state index in [1.807, 2.05) is 13.8 Å². The summed E-state index contributed by atoms with van der Waals surface area (Å²) in [4.78, 5) is 10.8. The third kappa shape index (κ3) is 4.86. The van der Waals surface area contributed by atoms with E-state index in [0.29, 0.717) is 0 Å². The first-order valence-corrected chi connectivity index (χ1v) is 8.16. The van der Waals surface area contributed by atoms with Gasteiger partial charge in [-0.2, -0.15) is 0 Å². The van der Waals surface area contributed by atoms with E-state index in [9.17, 15) is 13.2 Å². The van der Waals surface area contributed by atoms with E-state index in [-0.39, 0.29) is 34.2 Å². The predicted molar refractivity (Wildman–Crippen MR) is 77.4 cm³/mol. The second-order valence-corrected chi connectivity index (χ2v) is 6.86. The zero-order valence-electron chi connectivity index (χ0n) is 11.1. The molecule has 0 saturated heterocycles. The molecule has 1 rings (SSSR count). The highest BCUT2D eigenvalue weighted by Crippen LogP contribution is 2.23. The summed E-state index contributed by atoms with van der Waals surface area (Å²) in [5.41, 5.74) is 0.0129. The van der Waals surface area contributed by atoms with Crippen LogP contribution in [0.15, 0.2) is 27.6 Å². The van der Waals surface area contributed by atoms with Crippen molar-refractivity contribution in [3.8, 4) is 0 Å². The maximum Gasteiger partial charge on any atom is 0.335 e. The second-order valence-electron chi connectivity index (χ2n) is 4.27. The molecule has 112 valence electrons. The maximum absolute atomic E-state index is 12.0. The zero-order valence-corrected chi connectivity index (χ0v) is 13.5. The molecule has 0 spiro atoms. The number of nitrogens with one attached hydrogen (secondary N) is 1. The molecule has 0 bridgehead atoms. The van der Waals surface area contributed by atoms with Gasteiger partial charge in [0.25, 0.3) is 0 Å². The van der Waals surface area contributed by atoms with Gasteiger partial charge in [-0.3, -0.25) is 0 Å². The lowest BCUT2D eigenvalue weighted by molar-refractivity contribution is 0.0696. The smallest absolute Gasteiger partial charge is 0.335 e. The van der Waals surface area contributed by atoms with Crippen molar-refractivity contribution in [1.29, 1.82) is 0 Å². The molecular weight excluding hydrogens is 350 g/mol. The number of aromatic carboxylic acids is 1. The maximum atomic E-state index is 12.0. The van der Waals surface area contributed by atoms with Crippen molar-refractivity contribution in [2.24, 2.45) is 0 Å². The minimum absolute atomic E-state index is 0.00736. The molecule has 0 saturated carbocycles. The summed E-state index contributed by atoms with van der Waals surface area (Å²) >= 11 is 3.07. The first-order valence-electron chi connectivity index (χ1n) is 5.88. The van der Waals surface area contributed by atoms with E-state index in [2.05, 4.69) is 20.7 Å². The number of carboxylic acid groups (broad SMARTS) is 1. The van der Waals surface area contributed by atoms with Crippen molar-refractivity contribution in [2.45, 2.75) is 24.8 Å². The number of sulfonamides is 1. The van der Waals surface area contributed by atoms with Crippen LogP contribution in [0.5, 0.6) is 0 Å². The van der Waals surface area contributed by atoms with Gasteiger partial charge in [0, 0.05) is 11.0 Å². The average Bonchev–Trinajstić information content (AvgIpc) is 2.34. The number of ether oxygens (including phenoxy) is 1. The van der Waals surface area contributed by atoms with Crippen molar-refractivity contribution in [1.82, 2.24) is 4.72 Å². The van der Waals surface area contributed by atoms with Crippen LogP contribution in [-0.4, -0.2) is 38.7 Å². The number of hydrogen-bond donors (Lipinski definition) is 2. The molecule has 1 aromatic rings. The van der Waals surface area contributed by atoms with E-state index in [1.165, 1.54) is 18.2 Å². The van der Waals surface area contributed by atoms with Gasteiger partial charge in [-0.25, -0.2) is 17.9 Å². The normalized spacial score (nSPS) is 11.8. The Morgan fingerprint density at radius 1 is 1.45 bits per heavy atom. The molecule has 0 atom stereocenters. The van der Waals surface area contributed by atoms with E-state index in [4.69, 9.17) is 9.84 Å². The van der Waals surface area contributed by atoms with Crippen LogP contribution in [-0.2, 0) is 14.8 Å². The van der Waals surface area contributed by atoms with Crippen LogP contribution in [0.3, 0.4) is 0 Å². The Kier molecular flexibility index (Phi) is 6.12. The molecule has 0 unspecified atom stereocenters. The van der Waals surface area contributed by atoms with Gasteiger partial charge in [0.05, 0.1) is 23.2 Å². The summed E-state index contributed by atoms with van der Waals surface area (Å²) < 4.78 is 31.9. The molecule has 0 aliphatic carbocycles. The molecule has 0 aliphatic heterocycles. The van der Waals surface area contributed by atoms with Crippen LogP contribution in [0.2, 0.25) is 0 Å². The molecule has 1 aromatic carbocycles. The van der Waals surface area contributed by atoms with Gasteiger partial charge in [0.2, 0.25) is 10.0 Å². The SMILES string of the molecule is CC(C)OCCNS(=O)(=O)c1ccc(C(=O)O)cc1Br. The summed E-state index contributed by atoms with van der Waals surface area (Å²) in [6, 6.07) is 3.74. The highest BCUT2D eigenvalue weighted by atomic mass is 79.9. The lowest BCUT2D eigenvalue weighted by atomic mass is 10.2. The molecule has 6 nitrogen and oxygen atoms in total. The summed E-state index contributed by atoms with van der Waals surface area (Å²) in [5.74, 6) is -1.12. The Labute approximate surface area is 126 Å². The first-order chi connectivity index (χ1) is 9.24. The summed E-state index contributed by atoms with van der Waals surface area (Å²) in [6.45, 7) is 4.13. The molecule has 2 N–H and O–H groups in total. The molecule has 8 heteroatoms. The molecule has 20 heavy (non-hydrogen) atoms. The van der Waals surface area contributed by atoms with Crippen LogP contribution in [0, 0.1) is 0 Å². The molecular formula is C12H16BrNO5S. The van der Waals surface area contributed by atoms with Crippen LogP contribution in [0.25, 0.3) is 0 Å². The van der Waals surface area contributed by atoms with Crippen molar-refractivity contribution < 1.29 is 23.1 Å². The minimum atomic E-state index is -3.70. The summed E-state index contributed by atoms with van der Waals surface area (Å²) in [5, 5.41) is 8.83. The molecule has 0 aromatic heterocycles. The van der Waals surface area contributed by atoms with E-state index >= 15 is 0 Å². The largest absolute Gasteiger partial charge is 0.478 e. The minimum Gasteiger partial charge on any atom is -0.478 e. The topological polar surface area (TPSA) is 92.7 Å². The number of benzene rings is 1. The zero-order chi connectivity index (χ0) is 15.3. The van der Waals surface area contributed by atoms with Gasteiger partial charge in [0.1, 0.15) is 0 Å². The summed E-state index contributed by atoms with van der Waals surface area (Å²) in [6.07, 6.45) is 0.0288. The molecule has 0 aliphatic rings. The Bertz CT molecular complexity index is 586. The fourth-order valence-corrected chi connectivity index (χ4v) is 3.49. The van der Waals surface area contributed by atoms with Gasteiger partial charge in [-0.05, 0) is 48.0 Å². The van der Waals surface area contributed by atoms with Gasteiger partial charge < -0.3 is 9.84 Å². The van der Waals surface area contributed by atoms with Crippen molar-refractivity contribution in [2.75, 3.05) is 13.2 Å². The van der Waals surface area contributed by atoms with Crippen molar-refractivity contribution >= 4 is 31.9 Å². The Morgan fingerprint density at radius 3 is 2.60 bits per heavy atom. The van der Waals surface area contributed by atoms with Gasteiger partial charge in [-0.1, -0.05) is 0 Å². The second kappa shape index (κ2) is 7.16. The third-order valence-electron chi connectivity index (χ3n) is 2.31. The van der Waals surface area contributed by atoms with Crippen LogP contribution in [0.1, 0.15) is 24.2 Å². The van der Waals surface area contributed by atoms with Crippen molar-refractivity contribution in [3.63, 3.8) is 0 Å². The first kappa shape index (κ1) is 17.1. The molecule has 0 heterocycles. The molecule has 0 amide bonds. The monoisotopic (exact) mass is 365 g/mol. The lowest BCUT2D eigenvalue weighted by Gasteiger charge is -2.10. The Morgan fingerprint density at radius 2 is 2.10 bits per heavy atom. The Hall–Kier alpha value is -0.960. The van der Waals surface area contributed by atoms with Gasteiger partial charge in [-0.15, -0.1) is 0 Å². The highest BCUT2D eigenvalue weighted by Gasteiger charge is 2.18. The highest BCUT2D eigenvalue weighted by molar-refractivity contribution is 9.10. The Balaban J connectivity index is 2.80. The number of rotatable bonds is 7. The fraction of sp³-hybridized carbons (Fsp3) is 0.417. The summed E-state index contributed by atoms with van der Waals surface area (Å²) in [7, 11) is -3.70. The average molecular weight is 366 g/mol. The lowest BCUT2D eigenvalue weighted by Crippen LogP contribution is -2.28. The number of hydrogen-bond acceptors (Lipinski definition) is 4. The third-order valence-corrected chi connectivity index (χ3v) is 4.75. The standard InChI is InChI=1S/C12H16BrNO5S/c1-8(2)19-6-5-14-20(17,18)11-4-3-9(12(15)16)7-10(11)13/h3-4,7-8,14H,5-6H2,1-2H3,(H,15,16). The van der Waals surface area contributed by atoms with Crippen molar-refractivity contribution in [3.05, 3.63) is 28.2 Å². The van der Waals surface area contributed by atoms with E-state index in [0.717, 1.165) is 0 Å². The molecule has 0 fully saturated rings. The van der Waals surface area contributed by atoms with Crippen LogP contribution in [0.4, 0.5) is 0 Å².